The first kappa shape index (κ1) is 15.4. The summed E-state index contributed by atoms with van der Waals surface area (Å²) in [5.41, 5.74) is 1.18. The normalized spacial score (nSPS) is 19.2. The largest absolute Gasteiger partial charge is 0.373 e. The van der Waals surface area contributed by atoms with Crippen molar-refractivity contribution < 1.29 is 0 Å². The Morgan fingerprint density at radius 2 is 2.15 bits per heavy atom. The minimum atomic E-state index is 0.728. The summed E-state index contributed by atoms with van der Waals surface area (Å²) >= 11 is 2.09. The first-order chi connectivity index (χ1) is 9.69. The van der Waals surface area contributed by atoms with E-state index in [-0.39, 0.29) is 0 Å². The Kier molecular flexibility index (Phi) is 5.52. The maximum absolute atomic E-state index is 4.83. The monoisotopic (exact) mass is 294 g/mol. The van der Waals surface area contributed by atoms with Crippen molar-refractivity contribution in [2.75, 3.05) is 36.1 Å². The molecule has 112 valence electrons. The van der Waals surface area contributed by atoms with Crippen LogP contribution in [0.3, 0.4) is 0 Å². The van der Waals surface area contributed by atoms with Gasteiger partial charge in [0.25, 0.3) is 0 Å². The second kappa shape index (κ2) is 7.16. The molecule has 0 radical (unpaired) electrons. The van der Waals surface area contributed by atoms with Crippen molar-refractivity contribution in [3.8, 4) is 0 Å². The highest BCUT2D eigenvalue weighted by atomic mass is 32.2. The number of aryl methyl sites for hydroxylation is 1. The Morgan fingerprint density at radius 1 is 1.35 bits per heavy atom. The number of hydrogen-bond acceptors (Lipinski definition) is 5. The molecule has 1 saturated heterocycles. The van der Waals surface area contributed by atoms with Crippen LogP contribution < -0.4 is 10.2 Å². The maximum atomic E-state index is 4.83. The van der Waals surface area contributed by atoms with E-state index < -0.39 is 0 Å². The smallest absolute Gasteiger partial charge is 0.137 e. The molecule has 5 heteroatoms. The average molecular weight is 294 g/mol. The Morgan fingerprint density at radius 3 is 2.80 bits per heavy atom. The summed E-state index contributed by atoms with van der Waals surface area (Å²) in [6.45, 7) is 8.77. The first-order valence-corrected chi connectivity index (χ1v) is 8.66. The van der Waals surface area contributed by atoms with Gasteiger partial charge in [-0.25, -0.2) is 9.97 Å². The highest BCUT2D eigenvalue weighted by molar-refractivity contribution is 8.00. The second-order valence-corrected chi connectivity index (χ2v) is 6.69. The van der Waals surface area contributed by atoms with Gasteiger partial charge in [0.1, 0.15) is 17.5 Å². The van der Waals surface area contributed by atoms with Gasteiger partial charge in [-0.3, -0.25) is 0 Å². The van der Waals surface area contributed by atoms with Crippen molar-refractivity contribution in [3.63, 3.8) is 0 Å². The molecule has 0 aromatic carbocycles. The van der Waals surface area contributed by atoms with Crippen LogP contribution in [0, 0.1) is 6.92 Å². The summed E-state index contributed by atoms with van der Waals surface area (Å²) in [5, 5.41) is 3.94. The lowest BCUT2D eigenvalue weighted by Gasteiger charge is -2.34. The molecule has 1 fully saturated rings. The minimum Gasteiger partial charge on any atom is -0.373 e. The van der Waals surface area contributed by atoms with Crippen LogP contribution in [0.5, 0.6) is 0 Å². The summed E-state index contributed by atoms with van der Waals surface area (Å²) in [4.78, 5) is 11.9. The van der Waals surface area contributed by atoms with Crippen LogP contribution in [0.2, 0.25) is 0 Å². The van der Waals surface area contributed by atoms with E-state index in [4.69, 9.17) is 4.98 Å². The number of nitrogens with zero attached hydrogens (tertiary/aromatic N) is 3. The van der Waals surface area contributed by atoms with Gasteiger partial charge in [0, 0.05) is 43.1 Å². The van der Waals surface area contributed by atoms with E-state index in [9.17, 15) is 0 Å². The highest BCUT2D eigenvalue weighted by Crippen LogP contribution is 2.29. The lowest BCUT2D eigenvalue weighted by molar-refractivity contribution is 0.710. The van der Waals surface area contributed by atoms with Crippen molar-refractivity contribution in [1.29, 1.82) is 0 Å². The van der Waals surface area contributed by atoms with Crippen LogP contribution in [0.15, 0.2) is 0 Å². The molecule has 1 aromatic heterocycles. The molecule has 1 aromatic rings. The third-order valence-corrected chi connectivity index (χ3v) is 5.14. The minimum absolute atomic E-state index is 0.728. The number of rotatable bonds is 5. The molecule has 1 aliphatic rings. The van der Waals surface area contributed by atoms with Crippen molar-refractivity contribution in [1.82, 2.24) is 9.97 Å². The van der Waals surface area contributed by atoms with Gasteiger partial charge in [-0.1, -0.05) is 13.8 Å². The molecule has 2 heterocycles. The molecule has 0 saturated carbocycles. The lowest BCUT2D eigenvalue weighted by atomic mass is 10.2. The molecular formula is C15H26N4S. The fraction of sp³-hybridized carbons (Fsp3) is 0.733. The van der Waals surface area contributed by atoms with Gasteiger partial charge in [-0.2, -0.15) is 11.8 Å². The molecule has 0 bridgehead atoms. The molecule has 1 unspecified atom stereocenters. The second-order valence-electron chi connectivity index (χ2n) is 5.28. The van der Waals surface area contributed by atoms with Gasteiger partial charge in [0.15, 0.2) is 0 Å². The van der Waals surface area contributed by atoms with Crippen LogP contribution in [-0.2, 0) is 6.42 Å². The van der Waals surface area contributed by atoms with Crippen molar-refractivity contribution in [2.24, 2.45) is 0 Å². The standard InChI is InChI=1S/C15H26N4S/c1-5-7-13-17-14(16-4)11(3)15(18-13)19-8-9-20-12(6-2)10-19/h12H,5-10H2,1-4H3,(H,16,17,18). The van der Waals surface area contributed by atoms with Crippen LogP contribution in [0.4, 0.5) is 11.6 Å². The Balaban J connectivity index is 2.31. The van der Waals surface area contributed by atoms with E-state index in [1.807, 2.05) is 7.05 Å². The van der Waals surface area contributed by atoms with E-state index in [1.165, 1.54) is 17.7 Å². The van der Waals surface area contributed by atoms with Gasteiger partial charge < -0.3 is 10.2 Å². The predicted octanol–water partition coefficient (Wildman–Crippen LogP) is 3.11. The number of thioether (sulfide) groups is 1. The van der Waals surface area contributed by atoms with Crippen molar-refractivity contribution in [3.05, 3.63) is 11.4 Å². The van der Waals surface area contributed by atoms with Gasteiger partial charge in [0.05, 0.1) is 0 Å². The zero-order valence-corrected chi connectivity index (χ0v) is 13.9. The number of nitrogens with one attached hydrogen (secondary N) is 1. The molecule has 0 aliphatic carbocycles. The third-order valence-electron chi connectivity index (χ3n) is 3.77. The van der Waals surface area contributed by atoms with E-state index in [0.717, 1.165) is 48.6 Å². The van der Waals surface area contributed by atoms with Crippen molar-refractivity contribution >= 4 is 23.4 Å². The van der Waals surface area contributed by atoms with Crippen LogP contribution in [0.1, 0.15) is 38.1 Å². The Hall–Kier alpha value is -0.970. The zero-order chi connectivity index (χ0) is 14.5. The van der Waals surface area contributed by atoms with Gasteiger partial charge in [0.2, 0.25) is 0 Å². The van der Waals surface area contributed by atoms with Gasteiger partial charge >= 0.3 is 0 Å². The Bertz CT molecular complexity index is 450. The van der Waals surface area contributed by atoms with E-state index in [0.29, 0.717) is 0 Å². The van der Waals surface area contributed by atoms with Crippen LogP contribution >= 0.6 is 11.8 Å². The van der Waals surface area contributed by atoms with E-state index >= 15 is 0 Å². The molecule has 1 aliphatic heterocycles. The summed E-state index contributed by atoms with van der Waals surface area (Å²) in [6.07, 6.45) is 3.26. The van der Waals surface area contributed by atoms with Crippen LogP contribution in [0.25, 0.3) is 0 Å². The van der Waals surface area contributed by atoms with Crippen LogP contribution in [-0.4, -0.2) is 41.1 Å². The molecule has 1 atom stereocenters. The molecule has 0 spiro atoms. The average Bonchev–Trinajstić information content (AvgIpc) is 2.49. The van der Waals surface area contributed by atoms with E-state index in [1.54, 1.807) is 0 Å². The maximum Gasteiger partial charge on any atom is 0.137 e. The van der Waals surface area contributed by atoms with E-state index in [2.05, 4.69) is 47.7 Å². The van der Waals surface area contributed by atoms with Gasteiger partial charge in [-0.05, 0) is 19.8 Å². The summed E-state index contributed by atoms with van der Waals surface area (Å²) < 4.78 is 0. The fourth-order valence-electron chi connectivity index (χ4n) is 2.60. The lowest BCUT2D eigenvalue weighted by Crippen LogP contribution is -2.38. The van der Waals surface area contributed by atoms with Gasteiger partial charge in [-0.15, -0.1) is 0 Å². The quantitative estimate of drug-likeness (QED) is 0.903. The molecule has 4 nitrogen and oxygen atoms in total. The molecule has 1 N–H and O–H groups in total. The topological polar surface area (TPSA) is 41.1 Å². The summed E-state index contributed by atoms with van der Waals surface area (Å²) in [6, 6.07) is 0. The van der Waals surface area contributed by atoms with Crippen molar-refractivity contribution in [2.45, 2.75) is 45.3 Å². The summed E-state index contributed by atoms with van der Waals surface area (Å²) in [7, 11) is 1.94. The predicted molar refractivity (Wildman–Crippen MR) is 89.1 cm³/mol. The molecule has 20 heavy (non-hydrogen) atoms. The highest BCUT2D eigenvalue weighted by Gasteiger charge is 2.23. The number of hydrogen-bond donors (Lipinski definition) is 1. The zero-order valence-electron chi connectivity index (χ0n) is 13.1. The number of anilines is 2. The molecule has 2 rings (SSSR count). The number of aromatic nitrogens is 2. The third kappa shape index (κ3) is 3.37. The first-order valence-electron chi connectivity index (χ1n) is 7.61. The molecular weight excluding hydrogens is 268 g/mol. The Labute approximate surface area is 126 Å². The molecule has 0 amide bonds. The fourth-order valence-corrected chi connectivity index (χ4v) is 3.78. The summed E-state index contributed by atoms with van der Waals surface area (Å²) in [5.74, 6) is 4.26. The SMILES string of the molecule is CCCc1nc(NC)c(C)c(N2CCSC(CC)C2)n1.